The van der Waals surface area contributed by atoms with E-state index in [0.29, 0.717) is 5.75 Å². The van der Waals surface area contributed by atoms with E-state index in [9.17, 15) is 9.59 Å². The number of nitrogens with one attached hydrogen (secondary N) is 1. The molecule has 0 unspecified atom stereocenters. The van der Waals surface area contributed by atoms with Gasteiger partial charge in [0.15, 0.2) is 0 Å². The van der Waals surface area contributed by atoms with E-state index >= 15 is 0 Å². The Balaban J connectivity index is 2.15. The first-order valence-corrected chi connectivity index (χ1v) is 8.50. The Morgan fingerprint density at radius 3 is 2.58 bits per heavy atom. The zero-order valence-corrected chi connectivity index (χ0v) is 14.7. The first-order chi connectivity index (χ1) is 12.5. The molecule has 2 aromatic rings. The third-order valence-corrected chi connectivity index (χ3v) is 3.99. The number of aromatic nitrogens is 1. The van der Waals surface area contributed by atoms with Crippen LogP contribution >= 0.6 is 0 Å². The molecule has 26 heavy (non-hydrogen) atoms. The van der Waals surface area contributed by atoms with E-state index < -0.39 is 11.9 Å². The van der Waals surface area contributed by atoms with Crippen molar-refractivity contribution in [2.75, 3.05) is 19.6 Å². The first kappa shape index (κ1) is 19.5. The van der Waals surface area contributed by atoms with E-state index in [1.807, 2.05) is 24.4 Å². The number of hydrogen-bond acceptors (Lipinski definition) is 4. The average Bonchev–Trinajstić information content (AvgIpc) is 3.02. The third kappa shape index (κ3) is 5.32. The summed E-state index contributed by atoms with van der Waals surface area (Å²) in [5.41, 5.74) is 1.92. The number of H-pyrrole nitrogens is 1. The number of aromatic amines is 1. The van der Waals surface area contributed by atoms with Crippen molar-refractivity contribution in [3.8, 4) is 5.75 Å². The second-order valence-corrected chi connectivity index (χ2v) is 5.95. The van der Waals surface area contributed by atoms with Crippen LogP contribution in [0.5, 0.6) is 5.75 Å². The quantitative estimate of drug-likeness (QED) is 0.367. The van der Waals surface area contributed by atoms with Gasteiger partial charge in [-0.05, 0) is 24.1 Å². The van der Waals surface area contributed by atoms with Crippen LogP contribution in [0.25, 0.3) is 10.9 Å². The van der Waals surface area contributed by atoms with Crippen molar-refractivity contribution in [1.82, 2.24) is 9.88 Å². The fourth-order valence-corrected chi connectivity index (χ4v) is 2.79. The molecule has 2 N–H and O–H groups in total. The summed E-state index contributed by atoms with van der Waals surface area (Å²) < 4.78 is 5.41. The molecule has 1 aromatic heterocycles. The van der Waals surface area contributed by atoms with Crippen LogP contribution in [-0.2, 0) is 16.0 Å². The molecule has 0 aliphatic heterocycles. The fourth-order valence-electron chi connectivity index (χ4n) is 2.79. The van der Waals surface area contributed by atoms with Crippen LogP contribution < -0.4 is 4.74 Å². The number of carboxylic acid groups (broad SMARTS) is 1. The molecule has 0 aliphatic rings. The molecular weight excluding hydrogens is 332 g/mol. The number of aliphatic carboxylic acids is 1. The van der Waals surface area contributed by atoms with Gasteiger partial charge in [0, 0.05) is 36.7 Å². The topological polar surface area (TPSA) is 82.6 Å². The minimum atomic E-state index is -1.02. The number of hydrogen-bond donors (Lipinski definition) is 2. The lowest BCUT2D eigenvalue weighted by atomic mass is 10.1. The van der Waals surface area contributed by atoms with Crippen molar-refractivity contribution in [3.63, 3.8) is 0 Å². The average molecular weight is 356 g/mol. The summed E-state index contributed by atoms with van der Waals surface area (Å²) in [6, 6.07) is 5.44. The van der Waals surface area contributed by atoms with Gasteiger partial charge in [-0.1, -0.05) is 18.2 Å². The summed E-state index contributed by atoms with van der Waals surface area (Å²) >= 11 is 0. The second kappa shape index (κ2) is 9.58. The SMILES string of the molecule is C=CCN(CC=C)CCc1c[nH]c2cccc(OC(=O)CCC(=O)O)c12. The summed E-state index contributed by atoms with van der Waals surface area (Å²) in [5, 5.41) is 9.54. The van der Waals surface area contributed by atoms with E-state index in [1.165, 1.54) is 0 Å². The lowest BCUT2D eigenvalue weighted by Crippen LogP contribution is -2.26. The molecule has 138 valence electrons. The van der Waals surface area contributed by atoms with Crippen molar-refractivity contribution in [3.05, 3.63) is 55.3 Å². The smallest absolute Gasteiger partial charge is 0.311 e. The summed E-state index contributed by atoms with van der Waals surface area (Å²) in [6.07, 6.45) is 6.00. The van der Waals surface area contributed by atoms with Gasteiger partial charge < -0.3 is 14.8 Å². The molecule has 0 saturated carbocycles. The van der Waals surface area contributed by atoms with Gasteiger partial charge in [0.2, 0.25) is 0 Å². The Morgan fingerprint density at radius 2 is 1.92 bits per heavy atom. The fraction of sp³-hybridized carbons (Fsp3) is 0.300. The highest BCUT2D eigenvalue weighted by Gasteiger charge is 2.14. The molecule has 0 fully saturated rings. The second-order valence-electron chi connectivity index (χ2n) is 5.95. The molecule has 0 spiro atoms. The number of ether oxygens (including phenoxy) is 1. The molecule has 1 heterocycles. The minimum Gasteiger partial charge on any atom is -0.481 e. The molecular formula is C20H24N2O4. The third-order valence-electron chi connectivity index (χ3n) is 3.99. The van der Waals surface area contributed by atoms with Crippen molar-refractivity contribution in [2.45, 2.75) is 19.3 Å². The Morgan fingerprint density at radius 1 is 1.19 bits per heavy atom. The van der Waals surface area contributed by atoms with Crippen LogP contribution in [0.1, 0.15) is 18.4 Å². The van der Waals surface area contributed by atoms with Crippen molar-refractivity contribution >= 4 is 22.8 Å². The molecule has 0 atom stereocenters. The zero-order chi connectivity index (χ0) is 18.9. The van der Waals surface area contributed by atoms with Crippen LogP contribution in [-0.4, -0.2) is 46.6 Å². The van der Waals surface area contributed by atoms with Gasteiger partial charge in [0.25, 0.3) is 0 Å². The summed E-state index contributed by atoms with van der Waals surface area (Å²) in [6.45, 7) is 9.90. The molecule has 0 amide bonds. The van der Waals surface area contributed by atoms with Gasteiger partial charge in [0.05, 0.1) is 12.8 Å². The lowest BCUT2D eigenvalue weighted by Gasteiger charge is -2.18. The molecule has 6 heteroatoms. The number of carboxylic acids is 1. The molecule has 1 aromatic carbocycles. The number of carbonyl (C=O) groups is 2. The molecule has 0 saturated heterocycles. The van der Waals surface area contributed by atoms with Crippen LogP contribution in [0, 0.1) is 0 Å². The molecule has 0 bridgehead atoms. The normalized spacial score (nSPS) is 10.8. The van der Waals surface area contributed by atoms with Crippen molar-refractivity contribution in [1.29, 1.82) is 0 Å². The molecule has 6 nitrogen and oxygen atoms in total. The van der Waals surface area contributed by atoms with E-state index in [-0.39, 0.29) is 12.8 Å². The predicted molar refractivity (Wildman–Crippen MR) is 101 cm³/mol. The first-order valence-electron chi connectivity index (χ1n) is 8.50. The number of rotatable bonds is 11. The van der Waals surface area contributed by atoms with Crippen molar-refractivity contribution in [2.24, 2.45) is 0 Å². The standard InChI is InChI=1S/C20H24N2O4/c1-3-11-22(12-4-2)13-10-15-14-21-16-6-5-7-17(20(15)16)26-19(25)9-8-18(23)24/h3-7,14,21H,1-2,8-13H2,(H,23,24). The highest BCUT2D eigenvalue weighted by Crippen LogP contribution is 2.29. The summed E-state index contributed by atoms with van der Waals surface area (Å²) in [5.74, 6) is -1.12. The maximum atomic E-state index is 11.9. The largest absolute Gasteiger partial charge is 0.481 e. The molecule has 0 aliphatic carbocycles. The van der Waals surface area contributed by atoms with Crippen LogP contribution in [0.3, 0.4) is 0 Å². The number of fused-ring (bicyclic) bond motifs is 1. The Kier molecular flexibility index (Phi) is 7.17. The van der Waals surface area contributed by atoms with E-state index in [4.69, 9.17) is 9.84 Å². The Hall–Kier alpha value is -2.86. The van der Waals surface area contributed by atoms with Gasteiger partial charge in [-0.3, -0.25) is 14.5 Å². The van der Waals surface area contributed by atoms with E-state index in [0.717, 1.165) is 42.5 Å². The number of benzene rings is 1. The highest BCUT2D eigenvalue weighted by atomic mass is 16.5. The maximum absolute atomic E-state index is 11.9. The van der Waals surface area contributed by atoms with Gasteiger partial charge in [0.1, 0.15) is 5.75 Å². The minimum absolute atomic E-state index is 0.155. The van der Waals surface area contributed by atoms with Gasteiger partial charge in [-0.25, -0.2) is 0 Å². The van der Waals surface area contributed by atoms with Gasteiger partial charge >= 0.3 is 11.9 Å². The van der Waals surface area contributed by atoms with Gasteiger partial charge in [-0.2, -0.15) is 0 Å². The zero-order valence-electron chi connectivity index (χ0n) is 14.7. The van der Waals surface area contributed by atoms with Crippen molar-refractivity contribution < 1.29 is 19.4 Å². The van der Waals surface area contributed by atoms with Crippen LogP contribution in [0.2, 0.25) is 0 Å². The van der Waals surface area contributed by atoms with Crippen LogP contribution in [0.4, 0.5) is 0 Å². The van der Waals surface area contributed by atoms with Crippen LogP contribution in [0.15, 0.2) is 49.7 Å². The van der Waals surface area contributed by atoms with E-state index in [2.05, 4.69) is 23.0 Å². The predicted octanol–water partition coefficient (Wildman–Crippen LogP) is 3.15. The van der Waals surface area contributed by atoms with E-state index in [1.54, 1.807) is 12.1 Å². The Bertz CT molecular complexity index is 784. The monoisotopic (exact) mass is 356 g/mol. The summed E-state index contributed by atoms with van der Waals surface area (Å²) in [7, 11) is 0. The highest BCUT2D eigenvalue weighted by molar-refractivity contribution is 5.91. The Labute approximate surface area is 152 Å². The maximum Gasteiger partial charge on any atom is 0.311 e. The molecule has 2 rings (SSSR count). The molecule has 0 radical (unpaired) electrons. The van der Waals surface area contributed by atoms with Gasteiger partial charge in [-0.15, -0.1) is 13.2 Å². The number of esters is 1. The summed E-state index contributed by atoms with van der Waals surface area (Å²) in [4.78, 5) is 27.9. The number of carbonyl (C=O) groups excluding carboxylic acids is 1. The lowest BCUT2D eigenvalue weighted by molar-refractivity contribution is -0.142. The number of nitrogens with zero attached hydrogens (tertiary/aromatic N) is 1.